The van der Waals surface area contributed by atoms with Crippen LogP contribution in [0.15, 0.2) is 54.6 Å². The Morgan fingerprint density at radius 1 is 1.19 bits per heavy atom. The van der Waals surface area contributed by atoms with E-state index in [1.165, 1.54) is 33.7 Å². The predicted octanol–water partition coefficient (Wildman–Crippen LogP) is 6.04. The summed E-state index contributed by atoms with van der Waals surface area (Å²) in [6.07, 6.45) is 3.69. The van der Waals surface area contributed by atoms with Gasteiger partial charge in [-0.2, -0.15) is 11.3 Å². The molecule has 2 heterocycles. The van der Waals surface area contributed by atoms with E-state index in [0.29, 0.717) is 18.2 Å². The molecular formula is C30H29FN2O2S. The zero-order valence-corrected chi connectivity index (χ0v) is 21.0. The second kappa shape index (κ2) is 10.5. The molecule has 1 aromatic heterocycles. The zero-order valence-electron chi connectivity index (χ0n) is 20.2. The average Bonchev–Trinajstić information content (AvgIpc) is 3.24. The van der Waals surface area contributed by atoms with Gasteiger partial charge in [-0.25, -0.2) is 9.24 Å². The van der Waals surface area contributed by atoms with Crippen molar-refractivity contribution in [3.8, 4) is 0 Å². The lowest BCUT2D eigenvalue weighted by molar-refractivity contribution is 0.0990. The van der Waals surface area contributed by atoms with Crippen molar-refractivity contribution >= 4 is 22.8 Å². The Hall–Kier alpha value is -3.11. The van der Waals surface area contributed by atoms with E-state index >= 15 is 0 Å². The molecule has 0 saturated heterocycles. The van der Waals surface area contributed by atoms with E-state index in [-0.39, 0.29) is 24.4 Å². The minimum atomic E-state index is -0.515. The molecule has 2 aromatic carbocycles. The quantitative estimate of drug-likeness (QED) is 0.244. The number of aliphatic hydroxyl groups is 1. The van der Waals surface area contributed by atoms with Gasteiger partial charge in [0.15, 0.2) is 5.78 Å². The van der Waals surface area contributed by atoms with Crippen molar-refractivity contribution in [1.29, 1.82) is 0 Å². The summed E-state index contributed by atoms with van der Waals surface area (Å²) in [5, 5.41) is 9.40. The van der Waals surface area contributed by atoms with Crippen LogP contribution < -0.4 is 0 Å². The first-order chi connectivity index (χ1) is 17.5. The molecular weight excluding hydrogens is 471 g/mol. The number of carbonyl (C=O) groups excluding carboxylic acids is 1. The molecule has 6 heteroatoms. The second-order valence-electron chi connectivity index (χ2n) is 9.76. The minimum Gasteiger partial charge on any atom is -0.392 e. The maximum absolute atomic E-state index is 14.1. The van der Waals surface area contributed by atoms with Crippen LogP contribution in [-0.2, 0) is 32.2 Å². The Kier molecular flexibility index (Phi) is 7.15. The summed E-state index contributed by atoms with van der Waals surface area (Å²) in [5.41, 5.74) is 6.76. The summed E-state index contributed by atoms with van der Waals surface area (Å²) in [6, 6.07) is 12.7. The van der Waals surface area contributed by atoms with Crippen molar-refractivity contribution in [3.63, 3.8) is 0 Å². The zero-order chi connectivity index (χ0) is 25.2. The van der Waals surface area contributed by atoms with Crippen LogP contribution in [0.4, 0.5) is 10.1 Å². The highest BCUT2D eigenvalue weighted by atomic mass is 32.1. The van der Waals surface area contributed by atoms with Gasteiger partial charge in [0.1, 0.15) is 5.82 Å². The van der Waals surface area contributed by atoms with Crippen LogP contribution in [0.2, 0.25) is 0 Å². The second-order valence-corrected chi connectivity index (χ2v) is 11.0. The van der Waals surface area contributed by atoms with Crippen molar-refractivity contribution in [2.75, 3.05) is 19.7 Å². The lowest BCUT2D eigenvalue weighted by atomic mass is 9.79. The Balaban J connectivity index is 1.39. The monoisotopic (exact) mass is 500 g/mol. The van der Waals surface area contributed by atoms with Gasteiger partial charge in [-0.15, -0.1) is 0 Å². The number of Topliss-reactive ketones (excluding diaryl/α,β-unsaturated/α-hetero) is 1. The number of rotatable bonds is 7. The minimum absolute atomic E-state index is 0.0138. The molecule has 0 amide bonds. The molecule has 0 fully saturated rings. The van der Waals surface area contributed by atoms with E-state index in [1.807, 2.05) is 0 Å². The fourth-order valence-electron chi connectivity index (χ4n) is 5.62. The van der Waals surface area contributed by atoms with E-state index < -0.39 is 5.82 Å². The van der Waals surface area contributed by atoms with Crippen LogP contribution in [0.3, 0.4) is 0 Å². The third kappa shape index (κ3) is 4.79. The van der Waals surface area contributed by atoms with Crippen molar-refractivity contribution in [3.05, 3.63) is 109 Å². The first kappa shape index (κ1) is 24.6. The van der Waals surface area contributed by atoms with Gasteiger partial charge in [0.05, 0.1) is 18.7 Å². The van der Waals surface area contributed by atoms with Gasteiger partial charge in [-0.1, -0.05) is 36.9 Å². The Morgan fingerprint density at radius 2 is 2.03 bits per heavy atom. The van der Waals surface area contributed by atoms with Crippen LogP contribution in [0, 0.1) is 12.4 Å². The predicted molar refractivity (Wildman–Crippen MR) is 141 cm³/mol. The van der Waals surface area contributed by atoms with Crippen LogP contribution in [0.25, 0.3) is 4.85 Å². The van der Waals surface area contributed by atoms with Gasteiger partial charge < -0.3 is 5.11 Å². The molecule has 1 aliphatic heterocycles. The van der Waals surface area contributed by atoms with Gasteiger partial charge in [0, 0.05) is 30.9 Å². The maximum Gasteiger partial charge on any atom is 0.204 e. The number of hydrogen-bond donors (Lipinski definition) is 1. The van der Waals surface area contributed by atoms with Crippen molar-refractivity contribution in [1.82, 2.24) is 4.90 Å². The van der Waals surface area contributed by atoms with Crippen LogP contribution >= 0.6 is 11.3 Å². The molecule has 1 atom stereocenters. The van der Waals surface area contributed by atoms with Crippen molar-refractivity contribution in [2.45, 2.75) is 44.6 Å². The topological polar surface area (TPSA) is 44.9 Å². The molecule has 1 aliphatic carbocycles. The van der Waals surface area contributed by atoms with Gasteiger partial charge in [0.25, 0.3) is 0 Å². The third-order valence-electron chi connectivity index (χ3n) is 7.41. The van der Waals surface area contributed by atoms with Gasteiger partial charge in [0.2, 0.25) is 5.69 Å². The molecule has 2 aliphatic rings. The molecule has 0 bridgehead atoms. The highest BCUT2D eigenvalue weighted by Crippen LogP contribution is 2.45. The number of hydrogen-bond acceptors (Lipinski definition) is 4. The first-order valence-corrected chi connectivity index (χ1v) is 13.2. The van der Waals surface area contributed by atoms with Crippen molar-refractivity contribution < 1.29 is 14.3 Å². The van der Waals surface area contributed by atoms with Crippen LogP contribution in [-0.4, -0.2) is 35.5 Å². The third-order valence-corrected chi connectivity index (χ3v) is 8.66. The van der Waals surface area contributed by atoms with Crippen LogP contribution in [0.5, 0.6) is 0 Å². The molecule has 3 aromatic rings. The van der Waals surface area contributed by atoms with Gasteiger partial charge in [-0.05, 0) is 76.4 Å². The summed E-state index contributed by atoms with van der Waals surface area (Å²) in [5.74, 6) is -0.436. The summed E-state index contributed by atoms with van der Waals surface area (Å²) in [4.78, 5) is 20.9. The Bertz CT molecular complexity index is 1370. The summed E-state index contributed by atoms with van der Waals surface area (Å²) >= 11 is 1.56. The maximum atomic E-state index is 14.1. The Labute approximate surface area is 215 Å². The summed E-state index contributed by atoms with van der Waals surface area (Å²) < 4.78 is 14.1. The van der Waals surface area contributed by atoms with E-state index in [4.69, 9.17) is 6.57 Å². The summed E-state index contributed by atoms with van der Waals surface area (Å²) in [6.45, 7) is 14.3. The van der Waals surface area contributed by atoms with E-state index in [2.05, 4.69) is 34.5 Å². The van der Waals surface area contributed by atoms with Crippen LogP contribution in [0.1, 0.15) is 54.7 Å². The molecule has 0 radical (unpaired) electrons. The van der Waals surface area contributed by atoms with Gasteiger partial charge >= 0.3 is 0 Å². The fraction of sp³-hybridized carbons (Fsp3) is 0.333. The number of thiophene rings is 1. The molecule has 36 heavy (non-hydrogen) atoms. The number of fused-ring (bicyclic) bond motifs is 2. The largest absolute Gasteiger partial charge is 0.392 e. The van der Waals surface area contributed by atoms with Gasteiger partial charge in [-0.3, -0.25) is 9.69 Å². The molecule has 0 saturated carbocycles. The van der Waals surface area contributed by atoms with E-state index in [1.54, 1.807) is 23.5 Å². The number of ketones is 1. The molecule has 0 spiro atoms. The molecule has 1 N–H and O–H groups in total. The fourth-order valence-corrected chi connectivity index (χ4v) is 6.99. The smallest absolute Gasteiger partial charge is 0.204 e. The average molecular weight is 501 g/mol. The highest BCUT2D eigenvalue weighted by Gasteiger charge is 2.30. The lowest BCUT2D eigenvalue weighted by Gasteiger charge is -2.33. The van der Waals surface area contributed by atoms with E-state index in [0.717, 1.165) is 54.8 Å². The number of nitrogens with zero attached hydrogens (tertiary/aromatic N) is 2. The molecule has 1 unspecified atom stereocenters. The summed E-state index contributed by atoms with van der Waals surface area (Å²) in [7, 11) is 0. The number of halogens is 1. The first-order valence-electron chi connectivity index (χ1n) is 12.4. The SMILES string of the molecule is [C-]#[N+]c1c(CC(=O)c2ccccc2F)sc2c1CCC(c1cccc3c1CN(CC(=C)CO)CC3)C2. The lowest BCUT2D eigenvalue weighted by Crippen LogP contribution is -2.33. The highest BCUT2D eigenvalue weighted by molar-refractivity contribution is 7.13. The molecule has 4 nitrogen and oxygen atoms in total. The Morgan fingerprint density at radius 3 is 2.81 bits per heavy atom. The number of benzene rings is 2. The normalized spacial score (nSPS) is 17.2. The standard InChI is InChI=1S/C30H29FN2O2S/c1-19(18-34)16-33-13-12-20-6-5-8-22(25(20)17-33)21-10-11-24-28(14-21)36-29(30(24)32-2)15-27(35)23-7-3-4-9-26(23)31/h3-9,21,34H,1,10-18H2. The van der Waals surface area contributed by atoms with E-state index in [9.17, 15) is 14.3 Å². The number of carbonyl (C=O) groups is 1. The van der Waals surface area contributed by atoms with Crippen molar-refractivity contribution in [2.24, 2.45) is 0 Å². The molecule has 5 rings (SSSR count). The molecule has 184 valence electrons. The number of aliphatic hydroxyl groups excluding tert-OH is 1.